The Hall–Kier alpha value is -1.52. The number of carbonyl (C=O) groups is 1. The van der Waals surface area contributed by atoms with Crippen LogP contribution in [0.4, 0.5) is 4.79 Å². The molecule has 0 bridgehead atoms. The molecule has 5 nitrogen and oxygen atoms in total. The smallest absolute Gasteiger partial charge is 0.410 e. The lowest BCUT2D eigenvalue weighted by Gasteiger charge is -2.31. The number of amides is 1. The number of aromatic nitrogens is 2. The third-order valence-corrected chi connectivity index (χ3v) is 3.08. The molecule has 94 valence electrons. The second-order valence-corrected chi connectivity index (χ2v) is 4.73. The van der Waals surface area contributed by atoms with Crippen molar-refractivity contribution >= 4 is 6.09 Å². The molecule has 0 atom stereocenters. The number of nitrogens with one attached hydrogen (secondary N) is 1. The highest BCUT2D eigenvalue weighted by Crippen LogP contribution is 2.27. The van der Waals surface area contributed by atoms with Gasteiger partial charge in [0, 0.05) is 19.3 Å². The number of carbonyl (C=O) groups excluding carboxylic acids is 1. The lowest BCUT2D eigenvalue weighted by Crippen LogP contribution is -2.39. The van der Waals surface area contributed by atoms with Crippen LogP contribution in [-0.4, -0.2) is 40.4 Å². The van der Waals surface area contributed by atoms with E-state index in [1.165, 1.54) is 5.56 Å². The number of hydrogen-bond acceptors (Lipinski definition) is 3. The summed E-state index contributed by atoms with van der Waals surface area (Å²) in [6.07, 6.45) is 5.53. The zero-order valence-corrected chi connectivity index (χ0v) is 10.3. The van der Waals surface area contributed by atoms with Crippen molar-refractivity contribution in [2.75, 3.05) is 13.1 Å². The summed E-state index contributed by atoms with van der Waals surface area (Å²) in [5.41, 5.74) is 1.24. The molecule has 0 aromatic carbocycles. The fourth-order valence-electron chi connectivity index (χ4n) is 2.16. The lowest BCUT2D eigenvalue weighted by molar-refractivity contribution is 0.0692. The van der Waals surface area contributed by atoms with Crippen LogP contribution in [0.25, 0.3) is 0 Å². The average Bonchev–Trinajstić information content (AvgIpc) is 2.82. The molecule has 1 aromatic rings. The van der Waals surface area contributed by atoms with E-state index in [1.54, 1.807) is 4.90 Å². The minimum absolute atomic E-state index is 0.0471. The van der Waals surface area contributed by atoms with E-state index in [0.717, 1.165) is 25.9 Å². The second kappa shape index (κ2) is 5.21. The van der Waals surface area contributed by atoms with E-state index in [4.69, 9.17) is 4.74 Å². The summed E-state index contributed by atoms with van der Waals surface area (Å²) in [6, 6.07) is 0. The molecular formula is C12H19N3O2. The highest BCUT2D eigenvalue weighted by molar-refractivity contribution is 5.67. The van der Waals surface area contributed by atoms with Crippen LogP contribution in [0.2, 0.25) is 0 Å². The van der Waals surface area contributed by atoms with Crippen molar-refractivity contribution in [3.8, 4) is 0 Å². The largest absolute Gasteiger partial charge is 0.447 e. The molecule has 0 spiro atoms. The first-order valence-electron chi connectivity index (χ1n) is 6.11. The van der Waals surface area contributed by atoms with E-state index in [1.807, 2.05) is 26.2 Å². The van der Waals surface area contributed by atoms with Gasteiger partial charge in [-0.2, -0.15) is 5.10 Å². The summed E-state index contributed by atoms with van der Waals surface area (Å²) in [7, 11) is 0. The van der Waals surface area contributed by atoms with Gasteiger partial charge < -0.3 is 9.64 Å². The van der Waals surface area contributed by atoms with Crippen LogP contribution < -0.4 is 0 Å². The maximum atomic E-state index is 11.7. The van der Waals surface area contributed by atoms with E-state index in [9.17, 15) is 4.79 Å². The Morgan fingerprint density at radius 1 is 1.53 bits per heavy atom. The molecule has 1 fully saturated rings. The van der Waals surface area contributed by atoms with E-state index in [-0.39, 0.29) is 12.2 Å². The topological polar surface area (TPSA) is 58.2 Å². The van der Waals surface area contributed by atoms with E-state index in [2.05, 4.69) is 10.2 Å². The van der Waals surface area contributed by atoms with Gasteiger partial charge in [0.1, 0.15) is 0 Å². The fourth-order valence-corrected chi connectivity index (χ4v) is 2.16. The van der Waals surface area contributed by atoms with Gasteiger partial charge in [0.2, 0.25) is 0 Å². The van der Waals surface area contributed by atoms with Crippen molar-refractivity contribution in [3.05, 3.63) is 18.0 Å². The Bertz CT molecular complexity index is 354. The minimum Gasteiger partial charge on any atom is -0.447 e. The normalized spacial score (nSPS) is 17.5. The number of nitrogens with zero attached hydrogens (tertiary/aromatic N) is 2. The van der Waals surface area contributed by atoms with Crippen LogP contribution in [-0.2, 0) is 4.74 Å². The Labute approximate surface area is 101 Å². The maximum Gasteiger partial charge on any atom is 0.410 e. The average molecular weight is 237 g/mol. The molecule has 0 saturated carbocycles. The Morgan fingerprint density at radius 2 is 2.24 bits per heavy atom. The monoisotopic (exact) mass is 237 g/mol. The van der Waals surface area contributed by atoms with Crippen LogP contribution in [0.15, 0.2) is 12.4 Å². The third kappa shape index (κ3) is 2.99. The Morgan fingerprint density at radius 3 is 2.76 bits per heavy atom. The molecule has 0 unspecified atom stereocenters. The van der Waals surface area contributed by atoms with E-state index in [0.29, 0.717) is 5.92 Å². The molecule has 1 amide bonds. The van der Waals surface area contributed by atoms with Gasteiger partial charge in [-0.25, -0.2) is 4.79 Å². The highest BCUT2D eigenvalue weighted by Gasteiger charge is 2.25. The van der Waals surface area contributed by atoms with Gasteiger partial charge in [-0.05, 0) is 38.2 Å². The summed E-state index contributed by atoms with van der Waals surface area (Å²) in [5, 5.41) is 6.79. The van der Waals surface area contributed by atoms with Crippen LogP contribution >= 0.6 is 0 Å². The van der Waals surface area contributed by atoms with Crippen molar-refractivity contribution in [2.24, 2.45) is 0 Å². The molecule has 5 heteroatoms. The first-order chi connectivity index (χ1) is 8.16. The van der Waals surface area contributed by atoms with E-state index >= 15 is 0 Å². The zero-order valence-electron chi connectivity index (χ0n) is 10.3. The molecule has 1 aliphatic heterocycles. The first-order valence-corrected chi connectivity index (χ1v) is 6.11. The molecule has 2 rings (SSSR count). The van der Waals surface area contributed by atoms with Gasteiger partial charge in [0.15, 0.2) is 0 Å². The molecule has 0 radical (unpaired) electrons. The van der Waals surface area contributed by atoms with E-state index < -0.39 is 0 Å². The predicted molar refractivity (Wildman–Crippen MR) is 63.8 cm³/mol. The van der Waals surface area contributed by atoms with Crippen molar-refractivity contribution < 1.29 is 9.53 Å². The second-order valence-electron chi connectivity index (χ2n) is 4.73. The lowest BCUT2D eigenvalue weighted by atomic mass is 9.92. The molecule has 1 saturated heterocycles. The van der Waals surface area contributed by atoms with Crippen molar-refractivity contribution in [3.63, 3.8) is 0 Å². The summed E-state index contributed by atoms with van der Waals surface area (Å²) in [6.45, 7) is 5.27. The van der Waals surface area contributed by atoms with Crippen LogP contribution in [0.5, 0.6) is 0 Å². The van der Waals surface area contributed by atoms with Gasteiger partial charge in [-0.1, -0.05) is 0 Å². The summed E-state index contributed by atoms with van der Waals surface area (Å²) in [5.74, 6) is 0.511. The van der Waals surface area contributed by atoms with Crippen LogP contribution in [0.1, 0.15) is 38.2 Å². The molecule has 1 aliphatic rings. The maximum absolute atomic E-state index is 11.7. The standard InChI is InChI=1S/C12H19N3O2/c1-9(2)17-12(16)15-5-3-10(4-6-15)11-7-13-14-8-11/h7-10H,3-6H2,1-2H3,(H,13,14). The quantitative estimate of drug-likeness (QED) is 0.857. The number of piperidine rings is 1. The number of likely N-dealkylation sites (tertiary alicyclic amines) is 1. The van der Waals surface area contributed by atoms with Crippen molar-refractivity contribution in [2.45, 2.75) is 38.7 Å². The van der Waals surface area contributed by atoms with Gasteiger partial charge >= 0.3 is 6.09 Å². The zero-order chi connectivity index (χ0) is 12.3. The Kier molecular flexibility index (Phi) is 3.66. The molecule has 1 aromatic heterocycles. The van der Waals surface area contributed by atoms with Gasteiger partial charge in [-0.3, -0.25) is 5.10 Å². The number of rotatable bonds is 2. The van der Waals surface area contributed by atoms with Crippen molar-refractivity contribution in [1.82, 2.24) is 15.1 Å². The highest BCUT2D eigenvalue weighted by atomic mass is 16.6. The SMILES string of the molecule is CC(C)OC(=O)N1CCC(c2cn[nH]c2)CC1. The fraction of sp³-hybridized carbons (Fsp3) is 0.667. The molecular weight excluding hydrogens is 218 g/mol. The van der Waals surface area contributed by atoms with Gasteiger partial charge in [-0.15, -0.1) is 0 Å². The number of ether oxygens (including phenoxy) is 1. The molecule has 0 aliphatic carbocycles. The summed E-state index contributed by atoms with van der Waals surface area (Å²) in [4.78, 5) is 13.5. The van der Waals surface area contributed by atoms with Crippen LogP contribution in [0.3, 0.4) is 0 Å². The number of hydrogen-bond donors (Lipinski definition) is 1. The number of H-pyrrole nitrogens is 1. The predicted octanol–water partition coefficient (Wildman–Crippen LogP) is 2.13. The van der Waals surface area contributed by atoms with Gasteiger partial charge in [0.05, 0.1) is 12.3 Å². The van der Waals surface area contributed by atoms with Crippen molar-refractivity contribution in [1.29, 1.82) is 0 Å². The van der Waals surface area contributed by atoms with Gasteiger partial charge in [0.25, 0.3) is 0 Å². The number of aromatic amines is 1. The molecule has 17 heavy (non-hydrogen) atoms. The Balaban J connectivity index is 1.84. The minimum atomic E-state index is -0.189. The summed E-state index contributed by atoms with van der Waals surface area (Å²) < 4.78 is 5.18. The first kappa shape index (κ1) is 12.0. The molecule has 2 heterocycles. The van der Waals surface area contributed by atoms with Crippen LogP contribution in [0, 0.1) is 0 Å². The molecule has 1 N–H and O–H groups in total. The third-order valence-electron chi connectivity index (χ3n) is 3.08. The summed E-state index contributed by atoms with van der Waals surface area (Å²) >= 11 is 0.